The standard InChI is InChI=1S/C24H29ClFN3O4/c1-24(2,17-3-7-22(8-4-17)32-15-20(30)11-25)18-5-9-23(10-6-18)33-16-21(31)14-29-13-19(12-26)27-28-29/h3-10,13,20-21,30-31H,11-12,14-16H2,1-2H3/t20-,21+/m0/s1. The Bertz CT molecular complexity index is 996. The third-order valence-electron chi connectivity index (χ3n) is 5.34. The van der Waals surface area contributed by atoms with Crippen molar-refractivity contribution in [2.45, 2.75) is 44.7 Å². The van der Waals surface area contributed by atoms with Crippen LogP contribution in [0.3, 0.4) is 0 Å². The Kier molecular flexibility index (Phi) is 8.66. The Hall–Kier alpha value is -2.68. The number of ether oxygens (including phenoxy) is 2. The number of aliphatic hydroxyl groups is 2. The van der Waals surface area contributed by atoms with E-state index >= 15 is 0 Å². The highest BCUT2D eigenvalue weighted by molar-refractivity contribution is 6.18. The minimum atomic E-state index is -0.804. The number of rotatable bonds is 12. The summed E-state index contributed by atoms with van der Waals surface area (Å²) < 4.78 is 25.2. The predicted octanol–water partition coefficient (Wildman–Crippen LogP) is 3.49. The number of hydrogen-bond acceptors (Lipinski definition) is 6. The number of alkyl halides is 2. The topological polar surface area (TPSA) is 89.6 Å². The lowest BCUT2D eigenvalue weighted by Crippen LogP contribution is -2.24. The lowest BCUT2D eigenvalue weighted by molar-refractivity contribution is 0.0888. The fraction of sp³-hybridized carbons (Fsp3) is 0.417. The Labute approximate surface area is 197 Å². The largest absolute Gasteiger partial charge is 0.491 e. The van der Waals surface area contributed by atoms with Crippen molar-refractivity contribution in [1.29, 1.82) is 0 Å². The van der Waals surface area contributed by atoms with Crippen LogP contribution < -0.4 is 9.47 Å². The summed E-state index contributed by atoms with van der Waals surface area (Å²) in [5.74, 6) is 1.44. The second-order valence-electron chi connectivity index (χ2n) is 8.32. The van der Waals surface area contributed by atoms with Crippen molar-refractivity contribution in [2.75, 3.05) is 19.1 Å². The first kappa shape index (κ1) is 25.0. The monoisotopic (exact) mass is 477 g/mol. The van der Waals surface area contributed by atoms with Gasteiger partial charge in [0.2, 0.25) is 0 Å². The fourth-order valence-electron chi connectivity index (χ4n) is 3.29. The third-order valence-corrected chi connectivity index (χ3v) is 5.69. The third kappa shape index (κ3) is 6.90. The molecule has 1 heterocycles. The van der Waals surface area contributed by atoms with Gasteiger partial charge in [-0.1, -0.05) is 43.3 Å². The first-order valence-electron chi connectivity index (χ1n) is 10.7. The summed E-state index contributed by atoms with van der Waals surface area (Å²) in [5.41, 5.74) is 2.18. The number of hydrogen-bond donors (Lipinski definition) is 2. The molecule has 0 amide bonds. The van der Waals surface area contributed by atoms with Crippen molar-refractivity contribution < 1.29 is 24.1 Å². The number of nitrogens with zero attached hydrogens (tertiary/aromatic N) is 3. The van der Waals surface area contributed by atoms with E-state index in [1.165, 1.54) is 10.9 Å². The Balaban J connectivity index is 1.55. The predicted molar refractivity (Wildman–Crippen MR) is 124 cm³/mol. The summed E-state index contributed by atoms with van der Waals surface area (Å²) >= 11 is 5.59. The van der Waals surface area contributed by atoms with E-state index < -0.39 is 18.9 Å². The van der Waals surface area contributed by atoms with E-state index in [9.17, 15) is 14.6 Å². The van der Waals surface area contributed by atoms with Crippen LogP contribution in [0.25, 0.3) is 0 Å². The van der Waals surface area contributed by atoms with Gasteiger partial charge in [-0.15, -0.1) is 16.7 Å². The molecular weight excluding hydrogens is 449 g/mol. The van der Waals surface area contributed by atoms with Crippen molar-refractivity contribution >= 4 is 11.6 Å². The zero-order chi connectivity index (χ0) is 23.8. The summed E-state index contributed by atoms with van der Waals surface area (Å²) in [6.45, 7) is 3.97. The highest BCUT2D eigenvalue weighted by Gasteiger charge is 2.23. The van der Waals surface area contributed by atoms with E-state index in [1.54, 1.807) is 0 Å². The maximum atomic E-state index is 12.5. The molecule has 0 saturated heterocycles. The quantitative estimate of drug-likeness (QED) is 0.388. The van der Waals surface area contributed by atoms with E-state index in [1.807, 2.05) is 48.5 Å². The Morgan fingerprint density at radius 3 is 1.91 bits per heavy atom. The molecule has 3 aromatic rings. The molecule has 2 N–H and O–H groups in total. The molecule has 0 aliphatic rings. The minimum Gasteiger partial charge on any atom is -0.491 e. The molecule has 0 fully saturated rings. The maximum absolute atomic E-state index is 12.5. The van der Waals surface area contributed by atoms with Crippen LogP contribution in [0.2, 0.25) is 0 Å². The van der Waals surface area contributed by atoms with E-state index in [2.05, 4.69) is 24.2 Å². The molecule has 2 aromatic carbocycles. The van der Waals surface area contributed by atoms with Crippen LogP contribution in [0.1, 0.15) is 30.7 Å². The van der Waals surface area contributed by atoms with Crippen molar-refractivity contribution in [3.63, 3.8) is 0 Å². The molecule has 178 valence electrons. The van der Waals surface area contributed by atoms with E-state index in [0.29, 0.717) is 11.5 Å². The second kappa shape index (κ2) is 11.4. The van der Waals surface area contributed by atoms with Crippen molar-refractivity contribution in [2.24, 2.45) is 0 Å². The smallest absolute Gasteiger partial charge is 0.135 e. The minimum absolute atomic E-state index is 0.0768. The Morgan fingerprint density at radius 2 is 1.45 bits per heavy atom. The van der Waals surface area contributed by atoms with Gasteiger partial charge in [-0.2, -0.15) is 0 Å². The average Bonchev–Trinajstić information content (AvgIpc) is 3.29. The van der Waals surface area contributed by atoms with Crippen LogP contribution in [0.5, 0.6) is 11.5 Å². The number of aliphatic hydroxyl groups excluding tert-OH is 2. The van der Waals surface area contributed by atoms with E-state index in [0.717, 1.165) is 11.1 Å². The fourth-order valence-corrected chi connectivity index (χ4v) is 3.38. The van der Waals surface area contributed by atoms with Crippen LogP contribution in [-0.2, 0) is 18.6 Å². The van der Waals surface area contributed by atoms with Gasteiger partial charge in [0.25, 0.3) is 0 Å². The van der Waals surface area contributed by atoms with Gasteiger partial charge < -0.3 is 19.7 Å². The van der Waals surface area contributed by atoms with Gasteiger partial charge in [-0.05, 0) is 35.4 Å². The van der Waals surface area contributed by atoms with Crippen molar-refractivity contribution in [3.8, 4) is 11.5 Å². The maximum Gasteiger partial charge on any atom is 0.135 e. The first-order valence-corrected chi connectivity index (χ1v) is 11.2. The van der Waals surface area contributed by atoms with Gasteiger partial charge in [0, 0.05) is 5.41 Å². The van der Waals surface area contributed by atoms with Gasteiger partial charge in [0.05, 0.1) is 18.6 Å². The van der Waals surface area contributed by atoms with Crippen LogP contribution in [0.15, 0.2) is 54.7 Å². The van der Waals surface area contributed by atoms with E-state index in [4.69, 9.17) is 21.1 Å². The highest BCUT2D eigenvalue weighted by Crippen LogP contribution is 2.33. The summed E-state index contributed by atoms with van der Waals surface area (Å²) in [5, 5.41) is 27.1. The summed E-state index contributed by atoms with van der Waals surface area (Å²) in [6, 6.07) is 15.5. The molecule has 7 nitrogen and oxygen atoms in total. The zero-order valence-corrected chi connectivity index (χ0v) is 19.5. The van der Waals surface area contributed by atoms with Gasteiger partial charge in [0.1, 0.15) is 49.3 Å². The first-order chi connectivity index (χ1) is 15.8. The highest BCUT2D eigenvalue weighted by atomic mass is 35.5. The molecule has 0 unspecified atom stereocenters. The van der Waals surface area contributed by atoms with Gasteiger partial charge in [-0.25, -0.2) is 9.07 Å². The lowest BCUT2D eigenvalue weighted by Gasteiger charge is -2.26. The molecule has 0 spiro atoms. The molecule has 0 aliphatic heterocycles. The number of halogens is 2. The van der Waals surface area contributed by atoms with Gasteiger partial charge in [-0.3, -0.25) is 0 Å². The molecular formula is C24H29ClFN3O4. The second-order valence-corrected chi connectivity index (χ2v) is 8.63. The van der Waals surface area contributed by atoms with Crippen LogP contribution in [0, 0.1) is 0 Å². The Morgan fingerprint density at radius 1 is 0.939 bits per heavy atom. The molecule has 0 aliphatic carbocycles. The summed E-state index contributed by atoms with van der Waals surface area (Å²) in [4.78, 5) is 0. The van der Waals surface area contributed by atoms with Gasteiger partial charge in [0.15, 0.2) is 0 Å². The molecule has 0 bridgehead atoms. The summed E-state index contributed by atoms with van der Waals surface area (Å²) in [6.07, 6.45) is -0.0369. The van der Waals surface area contributed by atoms with Gasteiger partial charge >= 0.3 is 0 Å². The lowest BCUT2D eigenvalue weighted by atomic mass is 9.78. The van der Waals surface area contributed by atoms with Crippen LogP contribution in [0.4, 0.5) is 4.39 Å². The molecule has 9 heteroatoms. The molecule has 0 saturated carbocycles. The number of aromatic nitrogens is 3. The number of benzene rings is 2. The van der Waals surface area contributed by atoms with Crippen molar-refractivity contribution in [1.82, 2.24) is 15.0 Å². The van der Waals surface area contributed by atoms with Crippen LogP contribution >= 0.6 is 11.6 Å². The molecule has 3 rings (SSSR count). The SMILES string of the molecule is CC(C)(c1ccc(OC[C@@H](O)CCl)cc1)c1ccc(OC[C@H](O)Cn2cc(CF)nn2)cc1. The summed E-state index contributed by atoms with van der Waals surface area (Å²) in [7, 11) is 0. The van der Waals surface area contributed by atoms with E-state index in [-0.39, 0.29) is 36.7 Å². The molecule has 33 heavy (non-hydrogen) atoms. The molecule has 0 radical (unpaired) electrons. The van der Waals surface area contributed by atoms with Crippen LogP contribution in [-0.4, -0.2) is 56.5 Å². The zero-order valence-electron chi connectivity index (χ0n) is 18.7. The normalized spacial score (nSPS) is 13.5. The van der Waals surface area contributed by atoms with Crippen molar-refractivity contribution in [3.05, 3.63) is 71.5 Å². The molecule has 2 atom stereocenters. The average molecular weight is 478 g/mol. The molecule has 1 aromatic heterocycles.